The molecule has 0 spiro atoms. The molecule has 6 nitrogen and oxygen atoms in total. The van der Waals surface area contributed by atoms with Gasteiger partial charge in [-0.25, -0.2) is 0 Å². The molecule has 0 saturated heterocycles. The quantitative estimate of drug-likeness (QED) is 0.587. The number of aromatic nitrogens is 3. The van der Waals surface area contributed by atoms with Gasteiger partial charge in [0.05, 0.1) is 12.9 Å². The first kappa shape index (κ1) is 19.9. The van der Waals surface area contributed by atoms with Crippen LogP contribution >= 0.6 is 11.8 Å². The Bertz CT molecular complexity index is 908. The fraction of sp³-hybridized carbons (Fsp3) is 0.286. The molecule has 0 atom stereocenters. The molecule has 2 aromatic carbocycles. The number of thioether (sulfide) groups is 1. The number of rotatable bonds is 8. The molecule has 0 bridgehead atoms. The molecule has 28 heavy (non-hydrogen) atoms. The van der Waals surface area contributed by atoms with Gasteiger partial charge in [-0.1, -0.05) is 55.9 Å². The maximum atomic E-state index is 12.1. The first-order chi connectivity index (χ1) is 13.6. The molecule has 0 saturated carbocycles. The maximum absolute atomic E-state index is 12.1. The molecular formula is C21H24N4O2S. The first-order valence-electron chi connectivity index (χ1n) is 9.13. The van der Waals surface area contributed by atoms with E-state index in [9.17, 15) is 4.79 Å². The minimum absolute atomic E-state index is 0.00996. The summed E-state index contributed by atoms with van der Waals surface area (Å²) in [5, 5.41) is 12.3. The molecule has 1 amide bonds. The summed E-state index contributed by atoms with van der Waals surface area (Å²) in [6.45, 7) is 4.81. The molecule has 0 fully saturated rings. The first-order valence-corrected chi connectivity index (χ1v) is 10.1. The smallest absolute Gasteiger partial charge is 0.230 e. The summed E-state index contributed by atoms with van der Waals surface area (Å²) in [7, 11) is 1.64. The number of nitrogens with one attached hydrogen (secondary N) is 1. The van der Waals surface area contributed by atoms with E-state index >= 15 is 0 Å². The van der Waals surface area contributed by atoms with Crippen molar-refractivity contribution >= 4 is 17.7 Å². The number of nitrogens with zero attached hydrogens (tertiary/aromatic N) is 3. The van der Waals surface area contributed by atoms with Crippen molar-refractivity contribution in [2.45, 2.75) is 19.0 Å². The molecule has 1 heterocycles. The van der Waals surface area contributed by atoms with Gasteiger partial charge >= 0.3 is 0 Å². The third-order valence-electron chi connectivity index (χ3n) is 4.04. The minimum Gasteiger partial charge on any atom is -0.497 e. The summed E-state index contributed by atoms with van der Waals surface area (Å²) >= 11 is 1.37. The molecule has 0 aliphatic heterocycles. The second-order valence-corrected chi connectivity index (χ2v) is 7.63. The summed E-state index contributed by atoms with van der Waals surface area (Å²) in [5.41, 5.74) is 1.87. The van der Waals surface area contributed by atoms with Gasteiger partial charge in [0.25, 0.3) is 0 Å². The van der Waals surface area contributed by atoms with Gasteiger partial charge in [-0.3, -0.25) is 9.36 Å². The zero-order valence-electron chi connectivity index (χ0n) is 16.3. The molecule has 0 aliphatic carbocycles. The van der Waals surface area contributed by atoms with Crippen LogP contribution in [0.1, 0.15) is 13.8 Å². The molecule has 1 N–H and O–H groups in total. The Kier molecular flexibility index (Phi) is 6.71. The standard InChI is InChI=1S/C21H24N4O2S/c1-15(2)13-22-19(26)14-28-21-24-23-20(16-7-5-4-6-8-16)25(21)17-9-11-18(27-3)12-10-17/h4-12,15H,13-14H2,1-3H3,(H,22,26). The van der Waals surface area contributed by atoms with Gasteiger partial charge in [-0.05, 0) is 30.2 Å². The molecule has 3 aromatic rings. The monoisotopic (exact) mass is 396 g/mol. The van der Waals surface area contributed by atoms with Gasteiger partial charge in [0.15, 0.2) is 11.0 Å². The number of hydrogen-bond donors (Lipinski definition) is 1. The van der Waals surface area contributed by atoms with Gasteiger partial charge in [0.2, 0.25) is 5.91 Å². The van der Waals surface area contributed by atoms with E-state index in [1.54, 1.807) is 7.11 Å². The number of methoxy groups -OCH3 is 1. The average molecular weight is 397 g/mol. The predicted molar refractivity (Wildman–Crippen MR) is 112 cm³/mol. The normalized spacial score (nSPS) is 10.9. The highest BCUT2D eigenvalue weighted by atomic mass is 32.2. The van der Waals surface area contributed by atoms with E-state index in [0.717, 1.165) is 22.8 Å². The van der Waals surface area contributed by atoms with Crippen LogP contribution in [0.5, 0.6) is 5.75 Å². The Hall–Kier alpha value is -2.80. The van der Waals surface area contributed by atoms with Crippen molar-refractivity contribution in [1.29, 1.82) is 0 Å². The van der Waals surface area contributed by atoms with E-state index in [-0.39, 0.29) is 11.7 Å². The van der Waals surface area contributed by atoms with Crippen LogP contribution in [0.3, 0.4) is 0 Å². The maximum Gasteiger partial charge on any atom is 0.230 e. The zero-order chi connectivity index (χ0) is 19.9. The summed E-state index contributed by atoms with van der Waals surface area (Å²) in [6, 6.07) is 17.6. The van der Waals surface area contributed by atoms with Crippen molar-refractivity contribution in [1.82, 2.24) is 20.1 Å². The van der Waals surface area contributed by atoms with Crippen LogP contribution in [0, 0.1) is 5.92 Å². The van der Waals surface area contributed by atoms with Gasteiger partial charge in [-0.2, -0.15) is 0 Å². The predicted octanol–water partition coefficient (Wildman–Crippen LogP) is 3.81. The number of carbonyl (C=O) groups excluding carboxylic acids is 1. The van der Waals surface area contributed by atoms with Crippen molar-refractivity contribution in [3.63, 3.8) is 0 Å². The molecule has 0 radical (unpaired) electrons. The summed E-state index contributed by atoms with van der Waals surface area (Å²) in [4.78, 5) is 12.1. The lowest BCUT2D eigenvalue weighted by atomic mass is 10.2. The van der Waals surface area contributed by atoms with Gasteiger partial charge in [0.1, 0.15) is 5.75 Å². The van der Waals surface area contributed by atoms with Crippen LogP contribution in [-0.2, 0) is 4.79 Å². The molecule has 146 valence electrons. The molecule has 3 rings (SSSR count). The number of benzene rings is 2. The van der Waals surface area contributed by atoms with E-state index in [4.69, 9.17) is 4.74 Å². The van der Waals surface area contributed by atoms with E-state index in [0.29, 0.717) is 17.6 Å². The second kappa shape index (κ2) is 9.41. The SMILES string of the molecule is COc1ccc(-n2c(SCC(=O)NCC(C)C)nnc2-c2ccccc2)cc1. The Labute approximate surface area is 169 Å². The highest BCUT2D eigenvalue weighted by Gasteiger charge is 2.17. The van der Waals surface area contributed by atoms with Gasteiger partial charge < -0.3 is 10.1 Å². The fourth-order valence-electron chi connectivity index (χ4n) is 2.60. The molecular weight excluding hydrogens is 372 g/mol. The summed E-state index contributed by atoms with van der Waals surface area (Å²) in [5.74, 6) is 2.21. The zero-order valence-corrected chi connectivity index (χ0v) is 17.1. The summed E-state index contributed by atoms with van der Waals surface area (Å²) < 4.78 is 7.23. The van der Waals surface area contributed by atoms with Crippen molar-refractivity contribution in [2.24, 2.45) is 5.92 Å². The third kappa shape index (κ3) is 4.92. The molecule has 0 aliphatic rings. The minimum atomic E-state index is -0.00996. The fourth-order valence-corrected chi connectivity index (χ4v) is 3.38. The second-order valence-electron chi connectivity index (χ2n) is 6.69. The Morgan fingerprint density at radius 2 is 1.82 bits per heavy atom. The van der Waals surface area contributed by atoms with Crippen LogP contribution in [-0.4, -0.2) is 40.1 Å². The lowest BCUT2D eigenvalue weighted by Crippen LogP contribution is -2.28. The van der Waals surface area contributed by atoms with Crippen molar-refractivity contribution in [3.05, 3.63) is 54.6 Å². The highest BCUT2D eigenvalue weighted by Crippen LogP contribution is 2.28. The lowest BCUT2D eigenvalue weighted by molar-refractivity contribution is -0.118. The summed E-state index contributed by atoms with van der Waals surface area (Å²) in [6.07, 6.45) is 0. The highest BCUT2D eigenvalue weighted by molar-refractivity contribution is 7.99. The average Bonchev–Trinajstić information content (AvgIpc) is 3.15. The number of amides is 1. The van der Waals surface area contributed by atoms with Crippen molar-refractivity contribution in [3.8, 4) is 22.8 Å². The van der Waals surface area contributed by atoms with Crippen molar-refractivity contribution in [2.75, 3.05) is 19.4 Å². The Morgan fingerprint density at radius 3 is 2.46 bits per heavy atom. The Morgan fingerprint density at radius 1 is 1.11 bits per heavy atom. The molecule has 7 heteroatoms. The largest absolute Gasteiger partial charge is 0.497 e. The molecule has 0 unspecified atom stereocenters. The molecule has 1 aromatic heterocycles. The van der Waals surface area contributed by atoms with Crippen molar-refractivity contribution < 1.29 is 9.53 Å². The van der Waals surface area contributed by atoms with E-state index in [2.05, 4.69) is 29.4 Å². The van der Waals surface area contributed by atoms with Crippen LogP contribution in [0.2, 0.25) is 0 Å². The third-order valence-corrected chi connectivity index (χ3v) is 4.96. The number of ether oxygens (including phenoxy) is 1. The number of hydrogen-bond acceptors (Lipinski definition) is 5. The topological polar surface area (TPSA) is 69.0 Å². The number of carbonyl (C=O) groups is 1. The van der Waals surface area contributed by atoms with Crippen LogP contribution in [0.25, 0.3) is 17.1 Å². The van der Waals surface area contributed by atoms with Crippen LogP contribution < -0.4 is 10.1 Å². The Balaban J connectivity index is 1.89. The van der Waals surface area contributed by atoms with Crippen LogP contribution in [0.4, 0.5) is 0 Å². The van der Waals surface area contributed by atoms with E-state index < -0.39 is 0 Å². The van der Waals surface area contributed by atoms with E-state index in [1.807, 2.05) is 59.2 Å². The van der Waals surface area contributed by atoms with Crippen LogP contribution in [0.15, 0.2) is 59.8 Å². The lowest BCUT2D eigenvalue weighted by Gasteiger charge is -2.11. The van der Waals surface area contributed by atoms with Gasteiger partial charge in [0, 0.05) is 17.8 Å². The van der Waals surface area contributed by atoms with E-state index in [1.165, 1.54) is 11.8 Å². The van der Waals surface area contributed by atoms with Gasteiger partial charge in [-0.15, -0.1) is 10.2 Å².